The summed E-state index contributed by atoms with van der Waals surface area (Å²) in [5.74, 6) is 2.54. The topological polar surface area (TPSA) is 55.1 Å². The molecule has 0 saturated heterocycles. The molecule has 2 bridgehead atoms. The fraction of sp³-hybridized carbons (Fsp3) is 0.947. The van der Waals surface area contributed by atoms with Gasteiger partial charge in [-0.05, 0) is 49.9 Å². The van der Waals surface area contributed by atoms with Gasteiger partial charge < -0.3 is 11.1 Å². The lowest BCUT2D eigenvalue weighted by Crippen LogP contribution is -2.54. The summed E-state index contributed by atoms with van der Waals surface area (Å²) in [5, 5.41) is 3.44. The van der Waals surface area contributed by atoms with Crippen LogP contribution in [-0.4, -0.2) is 18.0 Å². The zero-order valence-electron chi connectivity index (χ0n) is 14.2. The first-order chi connectivity index (χ1) is 10.6. The molecular weight excluding hydrogens is 272 g/mol. The van der Waals surface area contributed by atoms with E-state index in [0.717, 1.165) is 25.2 Å². The second-order valence-corrected chi connectivity index (χ2v) is 8.36. The average molecular weight is 306 g/mol. The highest BCUT2D eigenvalue weighted by molar-refractivity contribution is 5.78. The van der Waals surface area contributed by atoms with Crippen molar-refractivity contribution in [3.8, 4) is 0 Å². The fourth-order valence-corrected chi connectivity index (χ4v) is 5.36. The van der Waals surface area contributed by atoms with E-state index in [4.69, 9.17) is 5.73 Å². The Morgan fingerprint density at radius 2 is 1.68 bits per heavy atom. The van der Waals surface area contributed by atoms with Gasteiger partial charge in [-0.2, -0.15) is 0 Å². The minimum Gasteiger partial charge on any atom is -0.353 e. The number of hydrogen-bond acceptors (Lipinski definition) is 2. The molecule has 3 heteroatoms. The minimum absolute atomic E-state index is 0.180. The van der Waals surface area contributed by atoms with Crippen LogP contribution in [0.2, 0.25) is 0 Å². The van der Waals surface area contributed by atoms with E-state index in [9.17, 15) is 4.79 Å². The van der Waals surface area contributed by atoms with E-state index in [1.807, 2.05) is 0 Å². The maximum atomic E-state index is 12.7. The summed E-state index contributed by atoms with van der Waals surface area (Å²) in [7, 11) is 0. The fourth-order valence-electron chi connectivity index (χ4n) is 5.36. The smallest absolute Gasteiger partial charge is 0.223 e. The molecule has 3 aliphatic carbocycles. The summed E-state index contributed by atoms with van der Waals surface area (Å²) in [6, 6.07) is 0.776. The van der Waals surface area contributed by atoms with E-state index in [0.29, 0.717) is 29.8 Å². The highest BCUT2D eigenvalue weighted by Gasteiger charge is 2.40. The molecule has 3 aliphatic rings. The quantitative estimate of drug-likeness (QED) is 0.833. The van der Waals surface area contributed by atoms with Gasteiger partial charge in [0.1, 0.15) is 0 Å². The minimum atomic E-state index is 0.180. The number of fused-ring (bicyclic) bond motifs is 2. The van der Waals surface area contributed by atoms with Gasteiger partial charge in [-0.15, -0.1) is 0 Å². The van der Waals surface area contributed by atoms with E-state index < -0.39 is 0 Å². The molecule has 0 heterocycles. The Hall–Kier alpha value is -0.570. The number of nitrogens with one attached hydrogen (secondary N) is 1. The Kier molecular flexibility index (Phi) is 5.43. The van der Waals surface area contributed by atoms with Gasteiger partial charge in [-0.25, -0.2) is 0 Å². The van der Waals surface area contributed by atoms with Crippen LogP contribution in [0.25, 0.3) is 0 Å². The van der Waals surface area contributed by atoms with Gasteiger partial charge in [0.25, 0.3) is 0 Å². The molecule has 0 aromatic rings. The van der Waals surface area contributed by atoms with Crippen LogP contribution in [-0.2, 0) is 4.79 Å². The summed E-state index contributed by atoms with van der Waals surface area (Å²) in [4.78, 5) is 12.7. The van der Waals surface area contributed by atoms with Crippen LogP contribution in [0, 0.1) is 23.7 Å². The molecule has 0 spiro atoms. The van der Waals surface area contributed by atoms with Crippen molar-refractivity contribution in [3.63, 3.8) is 0 Å². The zero-order valence-corrected chi connectivity index (χ0v) is 14.2. The van der Waals surface area contributed by atoms with Crippen molar-refractivity contribution in [1.29, 1.82) is 0 Å². The van der Waals surface area contributed by atoms with E-state index in [-0.39, 0.29) is 5.92 Å². The van der Waals surface area contributed by atoms with Crippen molar-refractivity contribution in [2.24, 2.45) is 29.4 Å². The van der Waals surface area contributed by atoms with Crippen molar-refractivity contribution in [1.82, 2.24) is 5.32 Å². The van der Waals surface area contributed by atoms with Gasteiger partial charge in [0.15, 0.2) is 0 Å². The van der Waals surface area contributed by atoms with Crippen LogP contribution in [0.5, 0.6) is 0 Å². The van der Waals surface area contributed by atoms with Crippen molar-refractivity contribution in [2.75, 3.05) is 0 Å². The number of rotatable bonds is 4. The molecule has 3 rings (SSSR count). The van der Waals surface area contributed by atoms with Gasteiger partial charge in [-0.3, -0.25) is 4.79 Å². The van der Waals surface area contributed by atoms with Gasteiger partial charge in [0, 0.05) is 18.0 Å². The van der Waals surface area contributed by atoms with Crippen LogP contribution < -0.4 is 11.1 Å². The molecule has 3 N–H and O–H groups in total. The van der Waals surface area contributed by atoms with Crippen molar-refractivity contribution in [2.45, 2.75) is 89.6 Å². The molecule has 3 atom stereocenters. The summed E-state index contributed by atoms with van der Waals surface area (Å²) in [6.45, 7) is 2.13. The Balaban J connectivity index is 1.52. The lowest BCUT2D eigenvalue weighted by molar-refractivity contribution is -0.127. The largest absolute Gasteiger partial charge is 0.353 e. The molecule has 3 saturated carbocycles. The Morgan fingerprint density at radius 1 is 1.05 bits per heavy atom. The molecular formula is C19H34N2O. The molecule has 22 heavy (non-hydrogen) atoms. The third kappa shape index (κ3) is 3.84. The number of nitrogens with two attached hydrogens (primary N) is 1. The number of hydrogen-bond donors (Lipinski definition) is 2. The SMILES string of the molecule is CC(CC1CCCCC1)C(=O)NC1C2CCCC1CC(N)C2. The summed E-state index contributed by atoms with van der Waals surface area (Å²) in [6.07, 6.45) is 13.9. The number of amides is 1. The number of carbonyl (C=O) groups excluding carboxylic acids is 1. The van der Waals surface area contributed by atoms with Gasteiger partial charge in [0.2, 0.25) is 5.91 Å². The lowest BCUT2D eigenvalue weighted by atomic mass is 9.67. The lowest BCUT2D eigenvalue weighted by Gasteiger charge is -2.45. The van der Waals surface area contributed by atoms with Crippen LogP contribution in [0.1, 0.15) is 77.6 Å². The average Bonchev–Trinajstić information content (AvgIpc) is 2.49. The van der Waals surface area contributed by atoms with E-state index >= 15 is 0 Å². The van der Waals surface area contributed by atoms with Gasteiger partial charge >= 0.3 is 0 Å². The normalized spacial score (nSPS) is 37.5. The van der Waals surface area contributed by atoms with Gasteiger partial charge in [0.05, 0.1) is 0 Å². The molecule has 126 valence electrons. The molecule has 3 fully saturated rings. The first-order valence-corrected chi connectivity index (χ1v) is 9.69. The first kappa shape index (κ1) is 16.3. The van der Waals surface area contributed by atoms with E-state index in [1.54, 1.807) is 0 Å². The monoisotopic (exact) mass is 306 g/mol. The summed E-state index contributed by atoms with van der Waals surface area (Å²) < 4.78 is 0. The summed E-state index contributed by atoms with van der Waals surface area (Å²) in [5.41, 5.74) is 6.19. The van der Waals surface area contributed by atoms with Crippen molar-refractivity contribution in [3.05, 3.63) is 0 Å². The molecule has 0 radical (unpaired) electrons. The molecule has 1 amide bonds. The second kappa shape index (κ2) is 7.33. The predicted octanol–water partition coefficient (Wildman–Crippen LogP) is 3.62. The van der Waals surface area contributed by atoms with Crippen LogP contribution in [0.3, 0.4) is 0 Å². The van der Waals surface area contributed by atoms with Crippen LogP contribution in [0.4, 0.5) is 0 Å². The molecule has 3 nitrogen and oxygen atoms in total. The maximum Gasteiger partial charge on any atom is 0.223 e. The van der Waals surface area contributed by atoms with E-state index in [1.165, 1.54) is 51.4 Å². The molecule has 0 aromatic carbocycles. The number of carbonyl (C=O) groups is 1. The highest BCUT2D eigenvalue weighted by Crippen LogP contribution is 2.40. The van der Waals surface area contributed by atoms with Crippen molar-refractivity contribution < 1.29 is 4.79 Å². The molecule has 0 aromatic heterocycles. The third-order valence-electron chi connectivity index (χ3n) is 6.54. The molecule has 3 unspecified atom stereocenters. The standard InChI is InChI=1S/C19H34N2O/c1-13(10-14-6-3-2-4-7-14)19(22)21-18-15-8-5-9-16(18)12-17(20)11-15/h13-18H,2-12,20H2,1H3,(H,21,22). The van der Waals surface area contributed by atoms with Gasteiger partial charge in [-0.1, -0.05) is 45.4 Å². The second-order valence-electron chi connectivity index (χ2n) is 8.36. The summed E-state index contributed by atoms with van der Waals surface area (Å²) >= 11 is 0. The maximum absolute atomic E-state index is 12.7. The highest BCUT2D eigenvalue weighted by atomic mass is 16.1. The van der Waals surface area contributed by atoms with Crippen molar-refractivity contribution >= 4 is 5.91 Å². The third-order valence-corrected chi connectivity index (χ3v) is 6.54. The zero-order chi connectivity index (χ0) is 15.5. The van der Waals surface area contributed by atoms with Crippen LogP contribution >= 0.6 is 0 Å². The van der Waals surface area contributed by atoms with Crippen LogP contribution in [0.15, 0.2) is 0 Å². The Bertz CT molecular complexity index is 364. The Labute approximate surface area is 135 Å². The Morgan fingerprint density at radius 3 is 2.32 bits per heavy atom. The first-order valence-electron chi connectivity index (χ1n) is 9.69. The van der Waals surface area contributed by atoms with E-state index in [2.05, 4.69) is 12.2 Å². The molecule has 0 aliphatic heterocycles. The predicted molar refractivity (Wildman–Crippen MR) is 90.3 cm³/mol.